The van der Waals surface area contributed by atoms with Crippen molar-refractivity contribution in [2.75, 3.05) is 20.2 Å². The van der Waals surface area contributed by atoms with Gasteiger partial charge in [0.05, 0.1) is 25.0 Å². The van der Waals surface area contributed by atoms with Crippen molar-refractivity contribution >= 4 is 10.0 Å². The lowest BCUT2D eigenvalue weighted by molar-refractivity contribution is 0.181. The van der Waals surface area contributed by atoms with Crippen molar-refractivity contribution in [3.63, 3.8) is 0 Å². The van der Waals surface area contributed by atoms with Gasteiger partial charge in [-0.15, -0.1) is 5.10 Å². The molecule has 10 heteroatoms. The van der Waals surface area contributed by atoms with Crippen LogP contribution in [0.5, 0.6) is 0 Å². The fourth-order valence-corrected chi connectivity index (χ4v) is 4.01. The zero-order valence-electron chi connectivity index (χ0n) is 12.5. The molecule has 1 aliphatic rings. The third-order valence-corrected chi connectivity index (χ3v) is 5.49. The van der Waals surface area contributed by atoms with E-state index in [-0.39, 0.29) is 10.9 Å². The monoisotopic (exact) mass is 326 g/mol. The number of aryl methyl sites for hydroxylation is 1. The fraction of sp³-hybridized carbons (Fsp3) is 0.583. The second-order valence-corrected chi connectivity index (χ2v) is 7.22. The average molecular weight is 326 g/mol. The number of aromatic nitrogens is 5. The highest BCUT2D eigenvalue weighted by molar-refractivity contribution is 7.89. The average Bonchev–Trinajstić information content (AvgIpc) is 3.17. The first-order chi connectivity index (χ1) is 10.5. The van der Waals surface area contributed by atoms with Gasteiger partial charge in [0.1, 0.15) is 10.6 Å². The third kappa shape index (κ3) is 2.76. The number of hydrogen-bond acceptors (Lipinski definition) is 6. The van der Waals surface area contributed by atoms with Crippen LogP contribution in [0, 0.1) is 0 Å². The van der Waals surface area contributed by atoms with Gasteiger partial charge in [0.2, 0.25) is 10.0 Å². The molecular weight excluding hydrogens is 308 g/mol. The van der Waals surface area contributed by atoms with Crippen LogP contribution in [-0.4, -0.2) is 57.7 Å². The molecule has 0 amide bonds. The molecule has 0 aromatic carbocycles. The molecule has 1 atom stereocenters. The summed E-state index contributed by atoms with van der Waals surface area (Å²) in [4.78, 5) is 0.217. The van der Waals surface area contributed by atoms with Crippen molar-refractivity contribution in [1.29, 1.82) is 0 Å². The maximum atomic E-state index is 12.5. The lowest BCUT2D eigenvalue weighted by atomic mass is 10.3. The molecule has 22 heavy (non-hydrogen) atoms. The zero-order chi connectivity index (χ0) is 15.7. The molecule has 1 fully saturated rings. The van der Waals surface area contributed by atoms with Gasteiger partial charge >= 0.3 is 0 Å². The minimum absolute atomic E-state index is 0.00967. The van der Waals surface area contributed by atoms with Crippen molar-refractivity contribution in [1.82, 2.24) is 29.1 Å². The molecule has 1 aliphatic heterocycles. The molecule has 0 bridgehead atoms. The summed E-state index contributed by atoms with van der Waals surface area (Å²) in [6, 6.07) is -0.00967. The molecule has 0 saturated carbocycles. The van der Waals surface area contributed by atoms with Gasteiger partial charge in [0.25, 0.3) is 0 Å². The molecule has 0 aliphatic carbocycles. The first kappa shape index (κ1) is 15.1. The second kappa shape index (κ2) is 5.78. The van der Waals surface area contributed by atoms with Crippen LogP contribution < -0.4 is 0 Å². The van der Waals surface area contributed by atoms with Crippen LogP contribution in [0.3, 0.4) is 0 Å². The van der Waals surface area contributed by atoms with Gasteiger partial charge < -0.3 is 4.74 Å². The number of ether oxygens (including phenoxy) is 1. The molecule has 1 saturated heterocycles. The quantitative estimate of drug-likeness (QED) is 0.755. The van der Waals surface area contributed by atoms with Gasteiger partial charge in [-0.2, -0.15) is 9.40 Å². The lowest BCUT2D eigenvalue weighted by Gasteiger charge is -2.15. The Labute approximate surface area is 128 Å². The largest absolute Gasteiger partial charge is 0.378 e. The van der Waals surface area contributed by atoms with Gasteiger partial charge in [-0.05, 0) is 6.42 Å². The van der Waals surface area contributed by atoms with Crippen molar-refractivity contribution in [3.05, 3.63) is 24.3 Å². The van der Waals surface area contributed by atoms with E-state index < -0.39 is 10.0 Å². The Hall–Kier alpha value is -1.78. The van der Waals surface area contributed by atoms with E-state index >= 15 is 0 Å². The topological polar surface area (TPSA) is 95.1 Å². The summed E-state index contributed by atoms with van der Waals surface area (Å²) in [5, 5.41) is 12.0. The van der Waals surface area contributed by atoms with E-state index in [1.165, 1.54) is 21.4 Å². The summed E-state index contributed by atoms with van der Waals surface area (Å²) in [5.41, 5.74) is 0.732. The Bertz CT molecular complexity index is 753. The van der Waals surface area contributed by atoms with Crippen molar-refractivity contribution in [2.24, 2.45) is 7.05 Å². The summed E-state index contributed by atoms with van der Waals surface area (Å²) >= 11 is 0. The van der Waals surface area contributed by atoms with Crippen LogP contribution in [0.1, 0.15) is 18.2 Å². The third-order valence-electron chi connectivity index (χ3n) is 3.67. The zero-order valence-corrected chi connectivity index (χ0v) is 13.3. The van der Waals surface area contributed by atoms with E-state index in [0.717, 1.165) is 5.69 Å². The summed E-state index contributed by atoms with van der Waals surface area (Å²) in [6.45, 7) is 1.23. The number of hydrogen-bond donors (Lipinski definition) is 0. The van der Waals surface area contributed by atoms with Crippen molar-refractivity contribution in [2.45, 2.75) is 24.0 Å². The Balaban J connectivity index is 1.74. The van der Waals surface area contributed by atoms with Gasteiger partial charge in [-0.1, -0.05) is 5.21 Å². The number of nitrogens with zero attached hydrogens (tertiary/aromatic N) is 6. The molecule has 0 unspecified atom stereocenters. The predicted molar refractivity (Wildman–Crippen MR) is 76.4 cm³/mol. The van der Waals surface area contributed by atoms with Gasteiger partial charge in [-0.3, -0.25) is 4.68 Å². The van der Waals surface area contributed by atoms with Crippen LogP contribution in [-0.2, 0) is 28.4 Å². The Morgan fingerprint density at radius 2 is 2.23 bits per heavy atom. The summed E-state index contributed by atoms with van der Waals surface area (Å²) in [7, 11) is -0.211. The highest BCUT2D eigenvalue weighted by atomic mass is 32.2. The van der Waals surface area contributed by atoms with E-state index in [0.29, 0.717) is 26.1 Å². The lowest BCUT2D eigenvalue weighted by Crippen LogP contribution is -2.29. The van der Waals surface area contributed by atoms with Crippen molar-refractivity contribution in [3.8, 4) is 0 Å². The Kier molecular flexibility index (Phi) is 3.98. The maximum absolute atomic E-state index is 12.5. The van der Waals surface area contributed by atoms with Crippen LogP contribution in [0.25, 0.3) is 0 Å². The first-order valence-corrected chi connectivity index (χ1v) is 8.33. The van der Waals surface area contributed by atoms with Crippen molar-refractivity contribution < 1.29 is 13.2 Å². The molecule has 9 nitrogen and oxygen atoms in total. The van der Waals surface area contributed by atoms with Gasteiger partial charge in [0.15, 0.2) is 0 Å². The highest BCUT2D eigenvalue weighted by Crippen LogP contribution is 2.26. The first-order valence-electron chi connectivity index (χ1n) is 6.89. The maximum Gasteiger partial charge on any atom is 0.246 e. The van der Waals surface area contributed by atoms with Gasteiger partial charge in [-0.25, -0.2) is 13.1 Å². The van der Waals surface area contributed by atoms with Crippen LogP contribution in [0.2, 0.25) is 0 Å². The molecule has 0 radical (unpaired) electrons. The van der Waals surface area contributed by atoms with Crippen LogP contribution in [0.15, 0.2) is 23.5 Å². The number of methoxy groups -OCH3 is 1. The molecule has 120 valence electrons. The molecule has 0 spiro atoms. The fourth-order valence-electron chi connectivity index (χ4n) is 2.53. The predicted octanol–water partition coefficient (Wildman–Crippen LogP) is -0.206. The van der Waals surface area contributed by atoms with E-state index in [2.05, 4.69) is 15.4 Å². The molecule has 2 aromatic heterocycles. The molecule has 2 aromatic rings. The van der Waals surface area contributed by atoms with E-state index in [4.69, 9.17) is 4.74 Å². The van der Waals surface area contributed by atoms with Crippen LogP contribution >= 0.6 is 0 Å². The molecular formula is C12H18N6O3S. The van der Waals surface area contributed by atoms with Crippen LogP contribution in [0.4, 0.5) is 0 Å². The van der Waals surface area contributed by atoms with E-state index in [9.17, 15) is 8.42 Å². The minimum atomic E-state index is -3.50. The van der Waals surface area contributed by atoms with Gasteiger partial charge in [0, 0.05) is 33.4 Å². The smallest absolute Gasteiger partial charge is 0.246 e. The Morgan fingerprint density at radius 3 is 2.91 bits per heavy atom. The SMILES string of the molecule is COCc1cn([C@H]2CCN(S(=O)(=O)c3cnn(C)c3)C2)nn1. The highest BCUT2D eigenvalue weighted by Gasteiger charge is 2.34. The normalized spacial score (nSPS) is 19.8. The Morgan fingerprint density at radius 1 is 1.41 bits per heavy atom. The molecule has 0 N–H and O–H groups in total. The number of sulfonamides is 1. The molecule has 3 heterocycles. The van der Waals surface area contributed by atoms with E-state index in [1.807, 2.05) is 0 Å². The summed E-state index contributed by atoms with van der Waals surface area (Å²) in [6.07, 6.45) is 5.38. The molecule has 3 rings (SSSR count). The second-order valence-electron chi connectivity index (χ2n) is 5.28. The summed E-state index contributed by atoms with van der Waals surface area (Å²) in [5.74, 6) is 0. The standard InChI is InChI=1S/C12H18N6O3S/c1-16-8-12(5-13-16)22(19,20)17-4-3-11(7-17)18-6-10(9-21-2)14-15-18/h5-6,8,11H,3-4,7,9H2,1-2H3/t11-/m0/s1. The number of rotatable bonds is 5. The van der Waals surface area contributed by atoms with E-state index in [1.54, 1.807) is 25.0 Å². The minimum Gasteiger partial charge on any atom is -0.378 e. The summed E-state index contributed by atoms with van der Waals surface area (Å²) < 4.78 is 34.7.